The molecule has 0 fully saturated rings. The molecule has 0 saturated heterocycles. The van der Waals surface area contributed by atoms with Gasteiger partial charge in [0.25, 0.3) is 6.43 Å². The van der Waals surface area contributed by atoms with Gasteiger partial charge in [-0.25, -0.2) is 18.7 Å². The lowest BCUT2D eigenvalue weighted by molar-refractivity contribution is 0.145. The summed E-state index contributed by atoms with van der Waals surface area (Å²) in [7, 11) is 0. The Labute approximate surface area is 82.4 Å². The van der Waals surface area contributed by atoms with Crippen LogP contribution in [0.3, 0.4) is 0 Å². The van der Waals surface area contributed by atoms with Crippen molar-refractivity contribution in [2.75, 3.05) is 0 Å². The van der Waals surface area contributed by atoms with Crippen molar-refractivity contribution >= 4 is 0 Å². The highest BCUT2D eigenvalue weighted by molar-refractivity contribution is 5.06. The molecule has 0 aliphatic carbocycles. The van der Waals surface area contributed by atoms with E-state index in [-0.39, 0.29) is 11.6 Å². The largest absolute Gasteiger partial charge is 0.280 e. The van der Waals surface area contributed by atoms with Crippen molar-refractivity contribution in [1.29, 1.82) is 0 Å². The van der Waals surface area contributed by atoms with E-state index >= 15 is 0 Å². The van der Waals surface area contributed by atoms with Crippen LogP contribution >= 0.6 is 0 Å². The normalized spacial score (nSPS) is 11.3. The highest BCUT2D eigenvalue weighted by Crippen LogP contribution is 2.22. The number of nitrogens with zero attached hydrogens (tertiary/aromatic N) is 2. The van der Waals surface area contributed by atoms with E-state index in [2.05, 4.69) is 9.97 Å². The van der Waals surface area contributed by atoms with Gasteiger partial charge >= 0.3 is 0 Å². The van der Waals surface area contributed by atoms with Crippen LogP contribution in [-0.4, -0.2) is 9.97 Å². The van der Waals surface area contributed by atoms with E-state index in [9.17, 15) is 8.78 Å². The fraction of sp³-hybridized carbons (Fsp3) is 0.600. The van der Waals surface area contributed by atoms with Crippen LogP contribution in [0.25, 0.3) is 0 Å². The van der Waals surface area contributed by atoms with Crippen LogP contribution in [0.4, 0.5) is 8.78 Å². The van der Waals surface area contributed by atoms with Gasteiger partial charge in [0, 0.05) is 12.1 Å². The third kappa shape index (κ3) is 2.47. The minimum absolute atomic E-state index is 0.179. The van der Waals surface area contributed by atoms with Crippen LogP contribution in [0.5, 0.6) is 0 Å². The van der Waals surface area contributed by atoms with E-state index in [1.807, 2.05) is 13.8 Å². The van der Waals surface area contributed by atoms with E-state index in [4.69, 9.17) is 0 Å². The molecule has 14 heavy (non-hydrogen) atoms. The van der Waals surface area contributed by atoms with Gasteiger partial charge < -0.3 is 0 Å². The van der Waals surface area contributed by atoms with Crippen LogP contribution in [0, 0.1) is 0 Å². The minimum atomic E-state index is -2.51. The Balaban J connectivity index is 2.92. The molecule has 0 aromatic carbocycles. The lowest BCUT2D eigenvalue weighted by atomic mass is 10.0. The Bertz CT molecular complexity index is 285. The molecular formula is C10H14F2N2. The first-order valence-corrected chi connectivity index (χ1v) is 4.80. The summed E-state index contributed by atoms with van der Waals surface area (Å²) in [6.07, 6.45) is 0.653. The summed E-state index contributed by atoms with van der Waals surface area (Å²) in [6, 6.07) is 1.26. The molecular weight excluding hydrogens is 186 g/mol. The lowest BCUT2D eigenvalue weighted by Gasteiger charge is -2.10. The minimum Gasteiger partial charge on any atom is -0.241 e. The molecule has 0 radical (unpaired) electrons. The van der Waals surface area contributed by atoms with Gasteiger partial charge in [-0.05, 0) is 18.9 Å². The van der Waals surface area contributed by atoms with E-state index in [1.165, 1.54) is 12.3 Å². The molecule has 0 aliphatic rings. The maximum Gasteiger partial charge on any atom is 0.280 e. The smallest absolute Gasteiger partial charge is 0.241 e. The van der Waals surface area contributed by atoms with Crippen LogP contribution in [0.15, 0.2) is 12.3 Å². The van der Waals surface area contributed by atoms with Gasteiger partial charge in [-0.15, -0.1) is 0 Å². The fourth-order valence-corrected chi connectivity index (χ4v) is 1.36. The van der Waals surface area contributed by atoms with Crippen molar-refractivity contribution in [3.8, 4) is 0 Å². The summed E-state index contributed by atoms with van der Waals surface area (Å²) >= 11 is 0. The molecule has 0 saturated carbocycles. The second-order valence-corrected chi connectivity index (χ2v) is 3.15. The standard InChI is InChI=1S/C10H14F2N2/c1-3-7(4-2)10-13-6-5-8(14-10)9(11)12/h5-7,9H,3-4H2,1-2H3. The van der Waals surface area contributed by atoms with Crippen LogP contribution < -0.4 is 0 Å². The summed E-state index contributed by atoms with van der Waals surface area (Å²) in [5.41, 5.74) is -0.179. The lowest BCUT2D eigenvalue weighted by Crippen LogP contribution is -2.04. The van der Waals surface area contributed by atoms with Gasteiger partial charge in [0.1, 0.15) is 11.5 Å². The van der Waals surface area contributed by atoms with Gasteiger partial charge in [-0.3, -0.25) is 0 Å². The first-order valence-electron chi connectivity index (χ1n) is 4.80. The molecule has 0 atom stereocenters. The predicted molar refractivity (Wildman–Crippen MR) is 50.3 cm³/mol. The van der Waals surface area contributed by atoms with E-state index < -0.39 is 6.43 Å². The molecule has 0 unspecified atom stereocenters. The quantitative estimate of drug-likeness (QED) is 0.745. The molecule has 0 bridgehead atoms. The molecule has 0 spiro atoms. The zero-order chi connectivity index (χ0) is 10.6. The van der Waals surface area contributed by atoms with Gasteiger partial charge in [-0.2, -0.15) is 0 Å². The van der Waals surface area contributed by atoms with Crippen molar-refractivity contribution in [3.05, 3.63) is 23.8 Å². The Morgan fingerprint density at radius 2 is 1.93 bits per heavy atom. The number of alkyl halides is 2. The average Bonchev–Trinajstić information content (AvgIpc) is 2.20. The van der Waals surface area contributed by atoms with E-state index in [0.29, 0.717) is 5.82 Å². The van der Waals surface area contributed by atoms with E-state index in [0.717, 1.165) is 12.8 Å². The van der Waals surface area contributed by atoms with Crippen LogP contribution in [0.1, 0.15) is 50.6 Å². The molecule has 1 aromatic rings. The Morgan fingerprint density at radius 3 is 2.43 bits per heavy atom. The maximum atomic E-state index is 12.3. The second kappa shape index (κ2) is 4.98. The zero-order valence-electron chi connectivity index (χ0n) is 8.37. The number of halogens is 2. The topological polar surface area (TPSA) is 25.8 Å². The predicted octanol–water partition coefficient (Wildman–Crippen LogP) is 3.32. The van der Waals surface area contributed by atoms with Crippen molar-refractivity contribution in [2.24, 2.45) is 0 Å². The Hall–Kier alpha value is -1.06. The van der Waals surface area contributed by atoms with Crippen molar-refractivity contribution in [1.82, 2.24) is 9.97 Å². The van der Waals surface area contributed by atoms with E-state index in [1.54, 1.807) is 0 Å². The summed E-state index contributed by atoms with van der Waals surface area (Å²) in [5.74, 6) is 0.724. The van der Waals surface area contributed by atoms with Gasteiger partial charge in [0.15, 0.2) is 0 Å². The van der Waals surface area contributed by atoms with Crippen molar-refractivity contribution in [2.45, 2.75) is 39.0 Å². The molecule has 1 aromatic heterocycles. The molecule has 0 N–H and O–H groups in total. The molecule has 1 heterocycles. The first kappa shape index (κ1) is 11.0. The molecule has 0 aliphatic heterocycles. The SMILES string of the molecule is CCC(CC)c1nccc(C(F)F)n1. The molecule has 4 heteroatoms. The number of rotatable bonds is 4. The fourth-order valence-electron chi connectivity index (χ4n) is 1.36. The maximum absolute atomic E-state index is 12.3. The highest BCUT2D eigenvalue weighted by atomic mass is 19.3. The summed E-state index contributed by atoms with van der Waals surface area (Å²) < 4.78 is 24.7. The number of aromatic nitrogens is 2. The van der Waals surface area contributed by atoms with Gasteiger partial charge in [-0.1, -0.05) is 13.8 Å². The Kier molecular flexibility index (Phi) is 3.92. The number of hydrogen-bond donors (Lipinski definition) is 0. The van der Waals surface area contributed by atoms with Gasteiger partial charge in [0.2, 0.25) is 0 Å². The summed E-state index contributed by atoms with van der Waals surface area (Å²) in [5, 5.41) is 0. The van der Waals surface area contributed by atoms with Crippen molar-refractivity contribution < 1.29 is 8.78 Å². The van der Waals surface area contributed by atoms with Crippen LogP contribution in [0.2, 0.25) is 0 Å². The molecule has 78 valence electrons. The highest BCUT2D eigenvalue weighted by Gasteiger charge is 2.14. The monoisotopic (exact) mass is 200 g/mol. The second-order valence-electron chi connectivity index (χ2n) is 3.15. The molecule has 2 nitrogen and oxygen atoms in total. The van der Waals surface area contributed by atoms with Crippen molar-refractivity contribution in [3.63, 3.8) is 0 Å². The first-order chi connectivity index (χ1) is 6.69. The summed E-state index contributed by atoms with van der Waals surface area (Å²) in [6.45, 7) is 4.01. The third-order valence-electron chi connectivity index (χ3n) is 2.27. The summed E-state index contributed by atoms with van der Waals surface area (Å²) in [4.78, 5) is 7.87. The Morgan fingerprint density at radius 1 is 1.29 bits per heavy atom. The number of hydrogen-bond acceptors (Lipinski definition) is 2. The average molecular weight is 200 g/mol. The third-order valence-corrected chi connectivity index (χ3v) is 2.27. The van der Waals surface area contributed by atoms with Gasteiger partial charge in [0.05, 0.1) is 0 Å². The zero-order valence-corrected chi connectivity index (χ0v) is 8.37. The van der Waals surface area contributed by atoms with Crippen LogP contribution in [-0.2, 0) is 0 Å². The molecule has 0 amide bonds. The molecule has 1 rings (SSSR count).